The molecule has 0 aliphatic carbocycles. The molecule has 16 N–H and O–H groups in total. The van der Waals surface area contributed by atoms with Crippen LogP contribution < -0.4 is 11.1 Å². The molecule has 2 aromatic heterocycles. The molecule has 5 heterocycles. The van der Waals surface area contributed by atoms with Gasteiger partial charge in [-0.2, -0.15) is 0 Å². The smallest absolute Gasteiger partial charge is 0.275 e. The molecule has 26 heteroatoms. The number of nitrogens with one attached hydrogen (secondary N) is 2. The number of aliphatic hydroxyl groups excluding tert-OH is 14. The van der Waals surface area contributed by atoms with Crippen LogP contribution in [0, 0.1) is 13.8 Å². The number of aryl methyl sites for hydroxylation is 2. The van der Waals surface area contributed by atoms with Crippen molar-refractivity contribution in [2.45, 2.75) is 136 Å². The van der Waals surface area contributed by atoms with Gasteiger partial charge < -0.3 is 99.9 Å². The van der Waals surface area contributed by atoms with E-state index in [9.17, 15) is 81.1 Å². The van der Waals surface area contributed by atoms with Gasteiger partial charge >= 0.3 is 0 Å². The third-order valence-corrected chi connectivity index (χ3v) is 12.8. The number of benzene rings is 2. The quantitative estimate of drug-likeness (QED) is 0.0440. The van der Waals surface area contributed by atoms with E-state index in [-0.39, 0.29) is 22.5 Å². The number of para-hydroxylation sites is 2. The average molecular weight is 997 g/mol. The van der Waals surface area contributed by atoms with Gasteiger partial charge in [-0.3, -0.25) is 19.8 Å². The number of aliphatic hydroxyl groups is 14. The zero-order valence-corrected chi connectivity index (χ0v) is 37.6. The van der Waals surface area contributed by atoms with Crippen LogP contribution in [-0.4, -0.2) is 234 Å². The normalized spacial score (nSPS) is 33.5. The van der Waals surface area contributed by atoms with Gasteiger partial charge in [-0.05, 0) is 38.1 Å². The summed E-state index contributed by atoms with van der Waals surface area (Å²) in [6, 6.07) is 16.6. The first kappa shape index (κ1) is 53.5. The van der Waals surface area contributed by atoms with E-state index in [1.807, 2.05) is 0 Å². The molecule has 0 spiro atoms. The van der Waals surface area contributed by atoms with Crippen molar-refractivity contribution in [3.05, 3.63) is 104 Å². The predicted molar refractivity (Wildman–Crippen MR) is 233 cm³/mol. The van der Waals surface area contributed by atoms with Gasteiger partial charge in [0, 0.05) is 11.4 Å². The summed E-state index contributed by atoms with van der Waals surface area (Å²) in [5.74, 6) is -1.71. The van der Waals surface area contributed by atoms with E-state index in [1.54, 1.807) is 60.7 Å². The summed E-state index contributed by atoms with van der Waals surface area (Å²) < 4.78 is 35.9. The Kier molecular flexibility index (Phi) is 17.3. The lowest BCUT2D eigenvalue weighted by Crippen LogP contribution is -2.66. The van der Waals surface area contributed by atoms with Crippen molar-refractivity contribution >= 4 is 0 Å². The fraction of sp³-hybridized carbons (Fsp3) is 0.591. The maximum absolute atomic E-state index is 14.3. The number of hydrogen-bond donors (Lipinski definition) is 16. The number of aromatic nitrogens is 4. The molecule has 0 saturated carbocycles. The van der Waals surface area contributed by atoms with Gasteiger partial charge in [0.05, 0.1) is 61.0 Å². The summed E-state index contributed by atoms with van der Waals surface area (Å²) in [5, 5.41) is 157. The molecule has 3 aliphatic rings. The second kappa shape index (κ2) is 22.6. The predicted octanol–water partition coefficient (Wildman–Crippen LogP) is -6.70. The van der Waals surface area contributed by atoms with Gasteiger partial charge in [0.2, 0.25) is 0 Å². The van der Waals surface area contributed by atoms with Gasteiger partial charge in [-0.1, -0.05) is 36.4 Å². The van der Waals surface area contributed by atoms with Crippen LogP contribution in [0.2, 0.25) is 0 Å². The fourth-order valence-corrected chi connectivity index (χ4v) is 8.95. The summed E-state index contributed by atoms with van der Waals surface area (Å²) in [6.45, 7) is -0.725. The topological polar surface area (TPSA) is 414 Å². The van der Waals surface area contributed by atoms with Crippen molar-refractivity contribution in [1.82, 2.24) is 19.6 Å². The number of nitrogens with zero attached hydrogens (tertiary/aromatic N) is 2. The van der Waals surface area contributed by atoms with Crippen LogP contribution >= 0.6 is 0 Å². The first-order chi connectivity index (χ1) is 33.3. The first-order valence-corrected chi connectivity index (χ1v) is 22.3. The Morgan fingerprint density at radius 1 is 0.571 bits per heavy atom. The van der Waals surface area contributed by atoms with Crippen LogP contribution in [0.25, 0.3) is 11.4 Å². The van der Waals surface area contributed by atoms with E-state index in [0.717, 1.165) is 9.36 Å². The fourth-order valence-electron chi connectivity index (χ4n) is 8.95. The molecule has 3 aliphatic heterocycles. The molecule has 0 unspecified atom stereocenters. The highest BCUT2D eigenvalue weighted by atomic mass is 16.8. The van der Waals surface area contributed by atoms with E-state index >= 15 is 0 Å². The van der Waals surface area contributed by atoms with Gasteiger partial charge in [0.25, 0.3) is 11.1 Å². The van der Waals surface area contributed by atoms with Crippen LogP contribution in [0.4, 0.5) is 0 Å². The minimum absolute atomic E-state index is 0.157. The summed E-state index contributed by atoms with van der Waals surface area (Å²) >= 11 is 0. The molecular formula is C44H60N4O22. The van der Waals surface area contributed by atoms with Crippen molar-refractivity contribution in [2.24, 2.45) is 0 Å². The third-order valence-electron chi connectivity index (χ3n) is 12.8. The molecule has 2 aromatic carbocycles. The highest BCUT2D eigenvalue weighted by Crippen LogP contribution is 2.35. The molecule has 0 amide bonds. The highest BCUT2D eigenvalue weighted by molar-refractivity contribution is 5.42. The van der Waals surface area contributed by atoms with Gasteiger partial charge in [-0.25, -0.2) is 9.36 Å². The molecule has 26 nitrogen and oxygen atoms in total. The molecule has 0 radical (unpaired) electrons. The zero-order chi connectivity index (χ0) is 50.9. The lowest BCUT2D eigenvalue weighted by molar-refractivity contribution is -0.372. The molecule has 3 saturated heterocycles. The minimum atomic E-state index is -2.36. The van der Waals surface area contributed by atoms with E-state index in [1.165, 1.54) is 13.8 Å². The van der Waals surface area contributed by atoms with Crippen molar-refractivity contribution in [1.29, 1.82) is 0 Å². The molecule has 19 atom stereocenters. The summed E-state index contributed by atoms with van der Waals surface area (Å²) in [6.07, 6.45) is -37.1. The van der Waals surface area contributed by atoms with E-state index < -0.39 is 160 Å². The number of hydrogen-bond acceptors (Lipinski definition) is 22. The Labute approximate surface area is 396 Å². The van der Waals surface area contributed by atoms with Crippen molar-refractivity contribution in [3.8, 4) is 11.4 Å². The summed E-state index contributed by atoms with van der Waals surface area (Å²) in [7, 11) is 0. The first-order valence-electron chi connectivity index (χ1n) is 22.3. The average Bonchev–Trinajstić information content (AvgIpc) is 3.83. The maximum atomic E-state index is 14.3. The largest absolute Gasteiger partial charge is 0.394 e. The number of ether oxygens (including phenoxy) is 6. The van der Waals surface area contributed by atoms with Crippen LogP contribution in [0.3, 0.4) is 0 Å². The Morgan fingerprint density at radius 2 is 1.03 bits per heavy atom. The third kappa shape index (κ3) is 10.4. The van der Waals surface area contributed by atoms with Crippen LogP contribution in [0.5, 0.6) is 0 Å². The monoisotopic (exact) mass is 996 g/mol. The Morgan fingerprint density at radius 3 is 1.53 bits per heavy atom. The SMILES string of the molecule is Cc1[nH]n(-c2ccccc2)c(=O)c1C(c1c(C)[nH]n(-c2ccccc2)c1=O)[C@H](O)[C@@H](O)[C@H](O[C@H]1O[C@H](CO)[C@@H](O[C@H]2O[C@H](CO[C@H]3O[C@H](CO)[C@@H](O)[C@H](O)[C@H]3O)[C@@H](O)[C@H](O)[C@H]2O)[C@H](O)[C@H]1O)[C@H](O)CO. The van der Waals surface area contributed by atoms with Gasteiger partial charge in [0.15, 0.2) is 18.9 Å². The minimum Gasteiger partial charge on any atom is -0.394 e. The lowest BCUT2D eigenvalue weighted by Gasteiger charge is -2.47. The van der Waals surface area contributed by atoms with Gasteiger partial charge in [-0.15, -0.1) is 0 Å². The molecular weight excluding hydrogens is 936 g/mol. The van der Waals surface area contributed by atoms with Crippen molar-refractivity contribution < 1.29 is 99.9 Å². The molecule has 7 rings (SSSR count). The van der Waals surface area contributed by atoms with Gasteiger partial charge in [0.1, 0.15) is 91.6 Å². The molecule has 4 aromatic rings. The Hall–Kier alpha value is -4.34. The zero-order valence-electron chi connectivity index (χ0n) is 37.6. The van der Waals surface area contributed by atoms with Crippen molar-refractivity contribution in [3.63, 3.8) is 0 Å². The molecule has 70 heavy (non-hydrogen) atoms. The Balaban J connectivity index is 1.13. The lowest BCUT2D eigenvalue weighted by atomic mass is 9.82. The summed E-state index contributed by atoms with van der Waals surface area (Å²) in [5.41, 5.74) is -0.788. The second-order valence-electron chi connectivity index (χ2n) is 17.4. The maximum Gasteiger partial charge on any atom is 0.275 e. The number of H-pyrrole nitrogens is 2. The van der Waals surface area contributed by atoms with E-state index in [2.05, 4.69) is 10.2 Å². The standard InChI is InChI=1S/C44H60N4O22/c1-17-25(40(63)47(45-17)19-9-5-3-6-10-19)27(26-18(2)46-48(41(26)64)20-11-7-4-8-12-20)30(55)33(58)38(21(52)13-49)69-44-37(62)34(59)39(23(15-51)67-44)70-43-36(61)32(57)29(54)24(68-43)16-65-42-35(60)31(56)28(53)22(14-50)66-42/h3-12,21-24,27-39,42-46,49-62H,13-16H2,1-2H3/t21-,22-,23-,24-,28-,29-,30+,31+,32+,33-,34-,35-,36-,37-,38-,39-,42+,43-,44-/m1/s1. The van der Waals surface area contributed by atoms with Crippen molar-refractivity contribution in [2.75, 3.05) is 26.4 Å². The second-order valence-corrected chi connectivity index (χ2v) is 17.4. The molecule has 388 valence electrons. The van der Waals surface area contributed by atoms with Crippen LogP contribution in [0.1, 0.15) is 28.4 Å². The number of rotatable bonds is 18. The molecule has 3 fully saturated rings. The highest BCUT2D eigenvalue weighted by Gasteiger charge is 2.53. The van der Waals surface area contributed by atoms with Crippen LogP contribution in [-0.2, 0) is 28.4 Å². The molecule has 0 bridgehead atoms. The Bertz CT molecular complexity index is 2320. The summed E-state index contributed by atoms with van der Waals surface area (Å²) in [4.78, 5) is 28.7. The number of aromatic amines is 2. The van der Waals surface area contributed by atoms with Crippen LogP contribution in [0.15, 0.2) is 70.3 Å². The van der Waals surface area contributed by atoms with E-state index in [4.69, 9.17) is 28.4 Å². The van der Waals surface area contributed by atoms with E-state index in [0.29, 0.717) is 11.4 Å².